The summed E-state index contributed by atoms with van der Waals surface area (Å²) in [5.74, 6) is -1.22. The summed E-state index contributed by atoms with van der Waals surface area (Å²) < 4.78 is 0. The number of rotatable bonds is 2. The van der Waals surface area contributed by atoms with E-state index in [9.17, 15) is 9.59 Å². The average Bonchev–Trinajstić information content (AvgIpc) is 2.99. The third-order valence-electron chi connectivity index (χ3n) is 3.48. The van der Waals surface area contributed by atoms with Gasteiger partial charge in [-0.2, -0.15) is 0 Å². The van der Waals surface area contributed by atoms with E-state index in [-0.39, 0.29) is 36.2 Å². The van der Waals surface area contributed by atoms with Crippen LogP contribution in [0.5, 0.6) is 0 Å². The number of imide groups is 1. The number of aliphatic hydroxyl groups is 1. The maximum atomic E-state index is 12.0. The van der Waals surface area contributed by atoms with Crippen molar-refractivity contribution in [1.82, 2.24) is 0 Å². The minimum Gasteiger partial charge on any atom is -0.396 e. The van der Waals surface area contributed by atoms with Crippen molar-refractivity contribution < 1.29 is 14.7 Å². The van der Waals surface area contributed by atoms with Crippen molar-refractivity contribution in [3.05, 3.63) is 29.3 Å². The summed E-state index contributed by atoms with van der Waals surface area (Å²) in [7, 11) is 0. The molecule has 88 valence electrons. The van der Waals surface area contributed by atoms with E-state index in [2.05, 4.69) is 0 Å². The maximum Gasteiger partial charge on any atom is 0.238 e. The number of halogens is 1. The van der Waals surface area contributed by atoms with Crippen LogP contribution in [0.1, 0.15) is 0 Å². The van der Waals surface area contributed by atoms with Crippen LogP contribution in [-0.4, -0.2) is 23.5 Å². The predicted molar refractivity (Wildman–Crippen MR) is 61.5 cm³/mol. The first-order chi connectivity index (χ1) is 8.15. The third kappa shape index (κ3) is 1.41. The van der Waals surface area contributed by atoms with Crippen LogP contribution < -0.4 is 4.90 Å². The Morgan fingerprint density at radius 3 is 2.12 bits per heavy atom. The Kier molecular flexibility index (Phi) is 2.24. The molecule has 1 aliphatic carbocycles. The zero-order chi connectivity index (χ0) is 12.2. The lowest BCUT2D eigenvalue weighted by atomic mass is 10.2. The van der Waals surface area contributed by atoms with Crippen molar-refractivity contribution in [2.24, 2.45) is 17.8 Å². The van der Waals surface area contributed by atoms with Gasteiger partial charge in [0.2, 0.25) is 11.8 Å². The molecule has 3 rings (SSSR count). The first-order valence-electron chi connectivity index (χ1n) is 5.39. The normalized spacial score (nSPS) is 30.7. The van der Waals surface area contributed by atoms with Gasteiger partial charge >= 0.3 is 0 Å². The Hall–Kier alpha value is -1.39. The summed E-state index contributed by atoms with van der Waals surface area (Å²) in [5, 5.41) is 9.56. The fourth-order valence-electron chi connectivity index (χ4n) is 2.53. The average molecular weight is 252 g/mol. The summed E-state index contributed by atoms with van der Waals surface area (Å²) in [6, 6.07) is 6.59. The zero-order valence-electron chi connectivity index (χ0n) is 8.84. The number of hydrogen-bond donors (Lipinski definition) is 1. The smallest absolute Gasteiger partial charge is 0.238 e. The fourth-order valence-corrected chi connectivity index (χ4v) is 2.65. The largest absolute Gasteiger partial charge is 0.396 e. The van der Waals surface area contributed by atoms with Gasteiger partial charge < -0.3 is 5.11 Å². The van der Waals surface area contributed by atoms with Gasteiger partial charge in [0.1, 0.15) is 0 Å². The Balaban J connectivity index is 1.90. The number of piperidine rings is 1. The van der Waals surface area contributed by atoms with Gasteiger partial charge in [-0.3, -0.25) is 14.5 Å². The molecule has 0 spiro atoms. The predicted octanol–water partition coefficient (Wildman–Crippen LogP) is 1.07. The zero-order valence-corrected chi connectivity index (χ0v) is 9.59. The molecule has 1 aliphatic heterocycles. The molecule has 1 N–H and O–H groups in total. The maximum absolute atomic E-state index is 12.0. The molecule has 1 saturated carbocycles. The number of hydrogen-bond acceptors (Lipinski definition) is 3. The topological polar surface area (TPSA) is 57.6 Å². The van der Waals surface area contributed by atoms with Crippen LogP contribution in [0, 0.1) is 17.8 Å². The van der Waals surface area contributed by atoms with Gasteiger partial charge in [-0.15, -0.1) is 0 Å². The van der Waals surface area contributed by atoms with Crippen LogP contribution in [0.4, 0.5) is 5.69 Å². The highest BCUT2D eigenvalue weighted by atomic mass is 35.5. The van der Waals surface area contributed by atoms with E-state index in [1.54, 1.807) is 24.3 Å². The summed E-state index contributed by atoms with van der Waals surface area (Å²) >= 11 is 5.75. The highest BCUT2D eigenvalue weighted by molar-refractivity contribution is 6.31. The minimum absolute atomic E-state index is 0.0960. The van der Waals surface area contributed by atoms with Gasteiger partial charge in [-0.1, -0.05) is 11.6 Å². The summed E-state index contributed by atoms with van der Waals surface area (Å²) in [6.07, 6.45) is 0. The van der Waals surface area contributed by atoms with Crippen molar-refractivity contribution in [2.75, 3.05) is 11.5 Å². The van der Waals surface area contributed by atoms with Crippen LogP contribution in [0.3, 0.4) is 0 Å². The Morgan fingerprint density at radius 1 is 1.12 bits per heavy atom. The molecular weight excluding hydrogens is 242 g/mol. The van der Waals surface area contributed by atoms with Gasteiger partial charge in [0.15, 0.2) is 0 Å². The molecule has 0 bridgehead atoms. The van der Waals surface area contributed by atoms with Crippen LogP contribution in [0.2, 0.25) is 5.02 Å². The second-order valence-electron chi connectivity index (χ2n) is 4.39. The number of benzene rings is 1. The SMILES string of the molecule is O=C1C2C(CO)C2C(=O)N1c1ccc(Cl)cc1. The monoisotopic (exact) mass is 251 g/mol. The summed E-state index contributed by atoms with van der Waals surface area (Å²) in [6.45, 7) is -0.0960. The molecule has 2 atom stereocenters. The van der Waals surface area contributed by atoms with E-state index in [0.29, 0.717) is 10.7 Å². The van der Waals surface area contributed by atoms with Crippen LogP contribution in [0.15, 0.2) is 24.3 Å². The molecule has 17 heavy (non-hydrogen) atoms. The molecule has 0 aromatic heterocycles. The first-order valence-corrected chi connectivity index (χ1v) is 5.77. The van der Waals surface area contributed by atoms with E-state index in [4.69, 9.17) is 16.7 Å². The van der Waals surface area contributed by atoms with Crippen molar-refractivity contribution >= 4 is 29.1 Å². The number of anilines is 1. The Labute approximate surface area is 103 Å². The third-order valence-corrected chi connectivity index (χ3v) is 3.73. The van der Waals surface area contributed by atoms with E-state index in [0.717, 1.165) is 0 Å². The molecule has 1 aromatic carbocycles. The lowest BCUT2D eigenvalue weighted by Gasteiger charge is -2.17. The lowest BCUT2D eigenvalue weighted by Crippen LogP contribution is -2.35. The second-order valence-corrected chi connectivity index (χ2v) is 4.82. The van der Waals surface area contributed by atoms with Gasteiger partial charge in [-0.05, 0) is 24.3 Å². The van der Waals surface area contributed by atoms with E-state index >= 15 is 0 Å². The standard InChI is InChI=1S/C12H10ClNO3/c13-6-1-3-7(4-2-6)14-11(16)9-8(5-15)10(9)12(14)17/h1-4,8-10,15H,5H2. The van der Waals surface area contributed by atoms with Crippen LogP contribution in [0.25, 0.3) is 0 Å². The molecule has 1 aromatic rings. The molecule has 2 fully saturated rings. The quantitative estimate of drug-likeness (QED) is 0.800. The molecule has 4 nitrogen and oxygen atoms in total. The summed E-state index contributed by atoms with van der Waals surface area (Å²) in [4.78, 5) is 25.1. The van der Waals surface area contributed by atoms with Crippen molar-refractivity contribution in [3.63, 3.8) is 0 Å². The van der Waals surface area contributed by atoms with Crippen molar-refractivity contribution in [3.8, 4) is 0 Å². The molecule has 2 aliphatic rings. The molecule has 5 heteroatoms. The molecule has 1 heterocycles. The number of amides is 2. The fraction of sp³-hybridized carbons (Fsp3) is 0.333. The minimum atomic E-state index is -0.317. The number of nitrogens with zero attached hydrogens (tertiary/aromatic N) is 1. The Bertz CT molecular complexity index is 477. The second kappa shape index (κ2) is 3.55. The van der Waals surface area contributed by atoms with Gasteiger partial charge in [0, 0.05) is 17.5 Å². The van der Waals surface area contributed by atoms with Crippen LogP contribution in [-0.2, 0) is 9.59 Å². The van der Waals surface area contributed by atoms with Gasteiger partial charge in [0.25, 0.3) is 0 Å². The number of carbonyl (C=O) groups excluding carboxylic acids is 2. The lowest BCUT2D eigenvalue weighted by molar-refractivity contribution is -0.124. The first kappa shape index (κ1) is 10.7. The van der Waals surface area contributed by atoms with Crippen LogP contribution >= 0.6 is 11.6 Å². The number of fused-ring (bicyclic) bond motifs is 1. The van der Waals surface area contributed by atoms with Gasteiger partial charge in [-0.25, -0.2) is 0 Å². The van der Waals surface area contributed by atoms with E-state index in [1.165, 1.54) is 4.90 Å². The molecule has 2 unspecified atom stereocenters. The highest BCUT2D eigenvalue weighted by Gasteiger charge is 2.67. The highest BCUT2D eigenvalue weighted by Crippen LogP contribution is 2.53. The van der Waals surface area contributed by atoms with Gasteiger partial charge in [0.05, 0.1) is 17.5 Å². The molecule has 0 radical (unpaired) electrons. The van der Waals surface area contributed by atoms with E-state index < -0.39 is 0 Å². The van der Waals surface area contributed by atoms with E-state index in [1.807, 2.05) is 0 Å². The summed E-state index contributed by atoms with van der Waals surface area (Å²) in [5.41, 5.74) is 0.549. The molecule has 2 amide bonds. The Morgan fingerprint density at radius 2 is 1.65 bits per heavy atom. The number of carbonyl (C=O) groups is 2. The van der Waals surface area contributed by atoms with Crippen molar-refractivity contribution in [2.45, 2.75) is 0 Å². The number of aliphatic hydroxyl groups excluding tert-OH is 1. The molecule has 1 saturated heterocycles. The van der Waals surface area contributed by atoms with Crippen molar-refractivity contribution in [1.29, 1.82) is 0 Å². The molecular formula is C12H10ClNO3.